The molecular weight excluding hydrogens is 652 g/mol. The van der Waals surface area contributed by atoms with Gasteiger partial charge in [0.05, 0.1) is 18.8 Å². The Morgan fingerprint density at radius 2 is 1.56 bits per heavy atom. The summed E-state index contributed by atoms with van der Waals surface area (Å²) in [5.74, 6) is -1.70. The Morgan fingerprint density at radius 1 is 0.920 bits per heavy atom. The maximum absolute atomic E-state index is 13.7. The van der Waals surface area contributed by atoms with Gasteiger partial charge in [0.25, 0.3) is 0 Å². The third-order valence-corrected chi connectivity index (χ3v) is 13.9. The lowest BCUT2D eigenvalue weighted by Gasteiger charge is -2.66. The van der Waals surface area contributed by atoms with E-state index in [4.69, 9.17) is 18.9 Å². The molecule has 2 saturated carbocycles. The summed E-state index contributed by atoms with van der Waals surface area (Å²) in [6, 6.07) is 0. The lowest BCUT2D eigenvalue weighted by Crippen LogP contribution is -2.66. The molecule has 50 heavy (non-hydrogen) atoms. The van der Waals surface area contributed by atoms with Crippen LogP contribution in [-0.2, 0) is 28.5 Å². The highest BCUT2D eigenvalue weighted by molar-refractivity contribution is 5.87. The Labute approximate surface area is 294 Å². The first-order valence-electron chi connectivity index (χ1n) is 18.0. The van der Waals surface area contributed by atoms with Crippen LogP contribution in [0.4, 0.5) is 0 Å². The number of Topliss-reactive ketones (excluding diaryl/α,β-unsaturated/α-hetero) is 1. The first-order valence-corrected chi connectivity index (χ1v) is 18.0. The van der Waals surface area contributed by atoms with Crippen molar-refractivity contribution in [2.45, 2.75) is 167 Å². The highest BCUT2D eigenvalue weighted by atomic mass is 16.8. The summed E-state index contributed by atoms with van der Waals surface area (Å²) in [7, 11) is 0. The molecule has 7 N–H and O–H groups in total. The van der Waals surface area contributed by atoms with Crippen molar-refractivity contribution in [1.29, 1.82) is 0 Å². The largest absolute Gasteiger partial charge is 0.460 e. The van der Waals surface area contributed by atoms with E-state index >= 15 is 0 Å². The number of rotatable bonds is 9. The predicted molar refractivity (Wildman–Crippen MR) is 178 cm³/mol. The van der Waals surface area contributed by atoms with Crippen LogP contribution in [0.2, 0.25) is 0 Å². The minimum atomic E-state index is -1.85. The number of aliphatic hydroxyl groups excluding tert-OH is 6. The smallest absolute Gasteiger partial charge is 0.303 e. The molecule has 0 radical (unpaired) electrons. The van der Waals surface area contributed by atoms with Crippen LogP contribution in [0.5, 0.6) is 0 Å². The number of hydrogen-bond acceptors (Lipinski definition) is 13. The minimum absolute atomic E-state index is 0.0281. The number of carbonyl (C=O) groups excluding carboxylic acids is 2. The Bertz CT molecular complexity index is 1340. The van der Waals surface area contributed by atoms with E-state index in [-0.39, 0.29) is 18.8 Å². The van der Waals surface area contributed by atoms with Gasteiger partial charge < -0.3 is 54.7 Å². The molecule has 4 fully saturated rings. The third kappa shape index (κ3) is 6.11. The quantitative estimate of drug-likeness (QED) is 0.134. The van der Waals surface area contributed by atoms with E-state index in [0.29, 0.717) is 25.7 Å². The summed E-state index contributed by atoms with van der Waals surface area (Å²) in [6.45, 7) is 15.7. The molecule has 0 spiro atoms. The molecule has 2 aliphatic heterocycles. The molecule has 2 heterocycles. The number of esters is 1. The molecule has 13 heteroatoms. The molecule has 8 unspecified atom stereocenters. The van der Waals surface area contributed by atoms with E-state index in [9.17, 15) is 45.3 Å². The number of fused-ring (bicyclic) bond motifs is 5. The average molecular weight is 713 g/mol. The van der Waals surface area contributed by atoms with Gasteiger partial charge in [-0.1, -0.05) is 40.7 Å². The molecule has 15 atom stereocenters. The molecule has 0 aromatic carbocycles. The van der Waals surface area contributed by atoms with E-state index in [0.717, 1.165) is 5.57 Å². The van der Waals surface area contributed by atoms with Gasteiger partial charge in [-0.3, -0.25) is 9.59 Å². The molecule has 0 aromatic heterocycles. The number of ether oxygens (including phenoxy) is 4. The second kappa shape index (κ2) is 13.1. The maximum atomic E-state index is 13.7. The zero-order chi connectivity index (χ0) is 37.6. The monoisotopic (exact) mass is 712 g/mol. The van der Waals surface area contributed by atoms with Crippen molar-refractivity contribution in [2.24, 2.45) is 33.5 Å². The van der Waals surface area contributed by atoms with Gasteiger partial charge in [0, 0.05) is 30.1 Å². The summed E-state index contributed by atoms with van der Waals surface area (Å²) in [5, 5.41) is 76.3. The van der Waals surface area contributed by atoms with Crippen LogP contribution in [-0.4, -0.2) is 121 Å². The average Bonchev–Trinajstić information content (AvgIpc) is 3.23. The van der Waals surface area contributed by atoms with Crippen molar-refractivity contribution in [2.75, 3.05) is 6.61 Å². The molecule has 2 saturated heterocycles. The topological polar surface area (TPSA) is 213 Å². The highest BCUT2D eigenvalue weighted by Crippen LogP contribution is 2.74. The van der Waals surface area contributed by atoms with Gasteiger partial charge >= 0.3 is 5.97 Å². The second-order valence-corrected chi connectivity index (χ2v) is 17.8. The van der Waals surface area contributed by atoms with Crippen LogP contribution >= 0.6 is 0 Å². The lowest BCUT2D eigenvalue weighted by molar-refractivity contribution is -0.371. The van der Waals surface area contributed by atoms with Crippen molar-refractivity contribution in [1.82, 2.24) is 0 Å². The van der Waals surface area contributed by atoms with Crippen molar-refractivity contribution < 1.29 is 64.3 Å². The number of allylic oxidation sites excluding steroid dienone is 1. The summed E-state index contributed by atoms with van der Waals surface area (Å²) < 4.78 is 23.6. The Morgan fingerprint density at radius 3 is 2.16 bits per heavy atom. The van der Waals surface area contributed by atoms with Gasteiger partial charge in [0.1, 0.15) is 41.7 Å². The minimum Gasteiger partial charge on any atom is -0.460 e. The SMILES string of the molecule is CC(=O)OC(C)(C)CCC(=O)[C@](C)(O)C1[C@H](O)C[C@@]2(C)C3CC=C4C(O[C@H](OC5OC(CO)C(O)C(O)C5O)[C@H](O)C4(C)C)[C@]3(C)CC[C@]12C. The van der Waals surface area contributed by atoms with Crippen molar-refractivity contribution >= 4 is 11.8 Å². The third-order valence-electron chi connectivity index (χ3n) is 13.9. The van der Waals surface area contributed by atoms with E-state index in [1.807, 2.05) is 13.8 Å². The Kier molecular flexibility index (Phi) is 10.4. The van der Waals surface area contributed by atoms with Gasteiger partial charge in [-0.15, -0.1) is 0 Å². The van der Waals surface area contributed by atoms with Gasteiger partial charge in [-0.25, -0.2) is 0 Å². The van der Waals surface area contributed by atoms with Gasteiger partial charge in [0.15, 0.2) is 18.4 Å². The van der Waals surface area contributed by atoms with E-state index in [1.54, 1.807) is 13.8 Å². The lowest BCUT2D eigenvalue weighted by atomic mass is 9.41. The first kappa shape index (κ1) is 39.7. The van der Waals surface area contributed by atoms with Crippen molar-refractivity contribution in [3.63, 3.8) is 0 Å². The van der Waals surface area contributed by atoms with Crippen LogP contribution in [0.3, 0.4) is 0 Å². The summed E-state index contributed by atoms with van der Waals surface area (Å²) in [4.78, 5) is 25.3. The fourth-order valence-electron chi connectivity index (χ4n) is 10.8. The number of hydrogen-bond donors (Lipinski definition) is 7. The fourth-order valence-corrected chi connectivity index (χ4v) is 10.8. The van der Waals surface area contributed by atoms with Crippen LogP contribution < -0.4 is 0 Å². The molecule has 286 valence electrons. The molecule has 0 amide bonds. The Balaban J connectivity index is 1.42. The van der Waals surface area contributed by atoms with Crippen LogP contribution in [0, 0.1) is 33.5 Å². The highest BCUT2D eigenvalue weighted by Gasteiger charge is 2.73. The van der Waals surface area contributed by atoms with Crippen LogP contribution in [0.25, 0.3) is 0 Å². The summed E-state index contributed by atoms with van der Waals surface area (Å²) in [6.07, 6.45) is -7.19. The molecule has 0 bridgehead atoms. The maximum Gasteiger partial charge on any atom is 0.303 e. The summed E-state index contributed by atoms with van der Waals surface area (Å²) >= 11 is 0. The van der Waals surface area contributed by atoms with Gasteiger partial charge in [-0.2, -0.15) is 0 Å². The number of ketones is 1. The predicted octanol–water partition coefficient (Wildman–Crippen LogP) is 1.50. The molecular formula is C37H60O13. The van der Waals surface area contributed by atoms with E-state index in [2.05, 4.69) is 26.8 Å². The van der Waals surface area contributed by atoms with Gasteiger partial charge in [-0.05, 0) is 75.2 Å². The molecule has 0 aromatic rings. The number of aliphatic hydroxyl groups is 7. The van der Waals surface area contributed by atoms with E-state index in [1.165, 1.54) is 13.8 Å². The zero-order valence-electron chi connectivity index (χ0n) is 31.0. The standard InChI is InChI=1S/C37H60O13/c1-18(39)50-32(2,3)13-12-23(41)37(9,46)27-20(40)16-36(8)22-11-10-19-29(34(22,6)14-15-35(27,36)7)48-31(28(45)33(19,4)5)49-30-26(44)25(43)24(42)21(17-38)47-30/h10,20-22,24-31,38,40,42-46H,11-17H2,1-9H3/t20-,21?,22?,24?,25?,26?,27?,28+,29?,30?,31-,34-,35-,36+,37+/m1/s1. The molecule has 3 aliphatic carbocycles. The second-order valence-electron chi connectivity index (χ2n) is 17.8. The first-order chi connectivity index (χ1) is 22.9. The molecule has 5 aliphatic rings. The van der Waals surface area contributed by atoms with Gasteiger partial charge in [0.2, 0.25) is 0 Å². The van der Waals surface area contributed by atoms with Crippen LogP contribution in [0.1, 0.15) is 101 Å². The van der Waals surface area contributed by atoms with Crippen LogP contribution in [0.15, 0.2) is 11.6 Å². The zero-order valence-corrected chi connectivity index (χ0v) is 31.0. The number of carbonyl (C=O) groups is 2. The normalized spacial score (nSPS) is 46.9. The fraction of sp³-hybridized carbons (Fsp3) is 0.892. The van der Waals surface area contributed by atoms with E-state index < -0.39 is 112 Å². The molecule has 5 rings (SSSR count). The van der Waals surface area contributed by atoms with Crippen molar-refractivity contribution in [3.8, 4) is 0 Å². The molecule has 13 nitrogen and oxygen atoms in total. The summed E-state index contributed by atoms with van der Waals surface area (Å²) in [5.41, 5.74) is -4.42. The Hall–Kier alpha value is -1.52. The van der Waals surface area contributed by atoms with Crippen molar-refractivity contribution in [3.05, 3.63) is 11.6 Å².